The van der Waals surface area contributed by atoms with Crippen LogP contribution >= 0.6 is 27.3 Å². The molecule has 11 heteroatoms. The van der Waals surface area contributed by atoms with Gasteiger partial charge in [-0.25, -0.2) is 8.42 Å². The first-order chi connectivity index (χ1) is 13.2. The number of carbonyl (C=O) groups excluding carboxylic acids is 1. The van der Waals surface area contributed by atoms with Crippen LogP contribution < -0.4 is 10.0 Å². The molecule has 0 fully saturated rings. The van der Waals surface area contributed by atoms with Crippen LogP contribution in [-0.4, -0.2) is 19.2 Å². The summed E-state index contributed by atoms with van der Waals surface area (Å²) in [5, 5.41) is 13.1. The molecular weight excluding hydrogens is 470 g/mol. The monoisotopic (exact) mass is 481 g/mol. The Labute approximate surface area is 172 Å². The Balaban J connectivity index is 1.78. The van der Waals surface area contributed by atoms with Gasteiger partial charge in [-0.2, -0.15) is 0 Å². The highest BCUT2D eigenvalue weighted by Crippen LogP contribution is 2.25. The Morgan fingerprint density at radius 3 is 2.39 bits per heavy atom. The number of nitrogens with zero attached hydrogens (tertiary/aromatic N) is 1. The number of hydrogen-bond donors (Lipinski definition) is 2. The third-order valence-corrected chi connectivity index (χ3v) is 6.44. The maximum atomic E-state index is 12.6. The molecule has 0 aliphatic heterocycles. The number of benzene rings is 2. The largest absolute Gasteiger partial charge is 0.324 e. The molecule has 3 aromatic rings. The first-order valence-corrected chi connectivity index (χ1v) is 10.8. The quantitative estimate of drug-likeness (QED) is 0.397. The number of rotatable bonds is 6. The van der Waals surface area contributed by atoms with Gasteiger partial charge in [0.2, 0.25) is 0 Å². The molecule has 2 aromatic carbocycles. The fourth-order valence-corrected chi connectivity index (χ4v) is 4.30. The minimum atomic E-state index is -3.86. The lowest BCUT2D eigenvalue weighted by atomic mass is 10.3. The number of amides is 1. The zero-order valence-corrected chi connectivity index (χ0v) is 17.2. The number of halogens is 1. The van der Waals surface area contributed by atoms with E-state index in [0.29, 0.717) is 5.69 Å². The molecule has 0 spiro atoms. The van der Waals surface area contributed by atoms with E-state index in [2.05, 4.69) is 26.0 Å². The van der Waals surface area contributed by atoms with Gasteiger partial charge in [-0.15, -0.1) is 0 Å². The second kappa shape index (κ2) is 8.09. The lowest BCUT2D eigenvalue weighted by Gasteiger charge is -2.10. The van der Waals surface area contributed by atoms with Gasteiger partial charge in [-0.05, 0) is 48.5 Å². The van der Waals surface area contributed by atoms with Crippen molar-refractivity contribution in [1.29, 1.82) is 0 Å². The lowest BCUT2D eigenvalue weighted by molar-refractivity contribution is -0.380. The van der Waals surface area contributed by atoms with Crippen LogP contribution in [-0.2, 0) is 10.0 Å². The maximum absolute atomic E-state index is 12.6. The van der Waals surface area contributed by atoms with Gasteiger partial charge >= 0.3 is 5.00 Å². The molecule has 0 aliphatic carbocycles. The SMILES string of the molecule is O=C(Nc1cccc(S(=O)(=O)Nc2ccc(Br)cc2)c1)c1ccc([N+](=O)[O-])s1. The van der Waals surface area contributed by atoms with Crippen molar-refractivity contribution in [2.24, 2.45) is 0 Å². The fourth-order valence-electron chi connectivity index (χ4n) is 2.21. The van der Waals surface area contributed by atoms with Crippen LogP contribution in [0.1, 0.15) is 9.67 Å². The Kier molecular flexibility index (Phi) is 5.77. The molecule has 0 saturated heterocycles. The molecule has 0 bridgehead atoms. The average Bonchev–Trinajstić information content (AvgIpc) is 3.14. The normalized spacial score (nSPS) is 11.0. The summed E-state index contributed by atoms with van der Waals surface area (Å²) in [4.78, 5) is 22.5. The van der Waals surface area contributed by atoms with E-state index < -0.39 is 20.9 Å². The predicted octanol–water partition coefficient (Wildman–Crippen LogP) is 4.47. The number of carbonyl (C=O) groups is 1. The molecule has 1 aromatic heterocycles. The summed E-state index contributed by atoms with van der Waals surface area (Å²) in [6.45, 7) is 0. The van der Waals surface area contributed by atoms with Gasteiger partial charge in [0, 0.05) is 21.9 Å². The molecule has 0 aliphatic rings. The van der Waals surface area contributed by atoms with Crippen LogP contribution in [0.3, 0.4) is 0 Å². The maximum Gasteiger partial charge on any atom is 0.324 e. The Hall–Kier alpha value is -2.76. The zero-order chi connectivity index (χ0) is 20.3. The van der Waals surface area contributed by atoms with E-state index in [-0.39, 0.29) is 20.5 Å². The molecule has 3 rings (SSSR count). The van der Waals surface area contributed by atoms with E-state index in [9.17, 15) is 23.3 Å². The van der Waals surface area contributed by atoms with Crippen molar-refractivity contribution in [3.05, 3.63) is 80.1 Å². The van der Waals surface area contributed by atoms with Gasteiger partial charge in [0.1, 0.15) is 0 Å². The molecule has 8 nitrogen and oxygen atoms in total. The van der Waals surface area contributed by atoms with Crippen LogP contribution in [0, 0.1) is 10.1 Å². The highest BCUT2D eigenvalue weighted by molar-refractivity contribution is 9.10. The van der Waals surface area contributed by atoms with Crippen molar-refractivity contribution in [3.8, 4) is 0 Å². The third kappa shape index (κ3) is 4.74. The number of thiophene rings is 1. The zero-order valence-electron chi connectivity index (χ0n) is 14.0. The molecule has 1 amide bonds. The summed E-state index contributed by atoms with van der Waals surface area (Å²) in [6.07, 6.45) is 0. The Bertz CT molecular complexity index is 1140. The number of anilines is 2. The lowest BCUT2D eigenvalue weighted by Crippen LogP contribution is -2.14. The Morgan fingerprint density at radius 1 is 1.04 bits per heavy atom. The van der Waals surface area contributed by atoms with Crippen molar-refractivity contribution in [3.63, 3.8) is 0 Å². The molecule has 0 atom stereocenters. The van der Waals surface area contributed by atoms with Gasteiger partial charge in [0.05, 0.1) is 14.7 Å². The standard InChI is InChI=1S/C17H12BrN3O5S2/c18-11-4-6-12(7-5-11)20-28(25,26)14-3-1-2-13(10-14)19-17(22)15-8-9-16(27-15)21(23)24/h1-10,20H,(H,19,22). The van der Waals surface area contributed by atoms with Crippen LogP contribution in [0.4, 0.5) is 16.4 Å². The fraction of sp³-hybridized carbons (Fsp3) is 0. The summed E-state index contributed by atoms with van der Waals surface area (Å²) >= 11 is 4.01. The number of sulfonamides is 1. The van der Waals surface area contributed by atoms with Gasteiger partial charge in [0.15, 0.2) is 0 Å². The molecule has 0 unspecified atom stereocenters. The van der Waals surface area contributed by atoms with Gasteiger partial charge < -0.3 is 5.32 Å². The van der Waals surface area contributed by atoms with E-state index >= 15 is 0 Å². The predicted molar refractivity (Wildman–Crippen MR) is 110 cm³/mol. The van der Waals surface area contributed by atoms with Crippen molar-refractivity contribution in [2.75, 3.05) is 10.0 Å². The van der Waals surface area contributed by atoms with Crippen molar-refractivity contribution in [2.45, 2.75) is 4.90 Å². The van der Waals surface area contributed by atoms with Gasteiger partial charge in [0.25, 0.3) is 15.9 Å². The second-order valence-electron chi connectivity index (χ2n) is 5.49. The second-order valence-corrected chi connectivity index (χ2v) is 9.15. The minimum absolute atomic E-state index is 0.0367. The van der Waals surface area contributed by atoms with Crippen LogP contribution in [0.25, 0.3) is 0 Å². The van der Waals surface area contributed by atoms with E-state index in [1.807, 2.05) is 0 Å². The highest BCUT2D eigenvalue weighted by atomic mass is 79.9. The van der Waals surface area contributed by atoms with Crippen LogP contribution in [0.5, 0.6) is 0 Å². The Morgan fingerprint density at radius 2 is 1.75 bits per heavy atom. The summed E-state index contributed by atoms with van der Waals surface area (Å²) in [5.74, 6) is -0.562. The molecular formula is C17H12BrN3O5S2. The summed E-state index contributed by atoms with van der Waals surface area (Å²) in [5.41, 5.74) is 0.642. The number of nitro groups is 1. The van der Waals surface area contributed by atoms with Crippen LogP contribution in [0.15, 0.2) is 70.0 Å². The first-order valence-electron chi connectivity index (χ1n) is 7.69. The van der Waals surface area contributed by atoms with E-state index in [1.165, 1.54) is 36.4 Å². The number of nitrogens with one attached hydrogen (secondary N) is 2. The minimum Gasteiger partial charge on any atom is -0.321 e. The molecule has 1 heterocycles. The molecule has 2 N–H and O–H groups in total. The smallest absolute Gasteiger partial charge is 0.321 e. The van der Waals surface area contributed by atoms with Crippen molar-refractivity contribution >= 4 is 59.6 Å². The topological polar surface area (TPSA) is 118 Å². The summed E-state index contributed by atoms with van der Waals surface area (Å²) in [7, 11) is -3.86. The molecule has 144 valence electrons. The van der Waals surface area contributed by atoms with E-state index in [0.717, 1.165) is 15.8 Å². The molecule has 28 heavy (non-hydrogen) atoms. The molecule has 0 radical (unpaired) electrons. The molecule has 0 saturated carbocycles. The summed E-state index contributed by atoms with van der Waals surface area (Å²) < 4.78 is 28.4. The third-order valence-electron chi connectivity index (χ3n) is 3.49. The van der Waals surface area contributed by atoms with Crippen molar-refractivity contribution in [1.82, 2.24) is 0 Å². The van der Waals surface area contributed by atoms with Crippen LogP contribution in [0.2, 0.25) is 0 Å². The highest BCUT2D eigenvalue weighted by Gasteiger charge is 2.18. The number of hydrogen-bond acceptors (Lipinski definition) is 6. The van der Waals surface area contributed by atoms with Crippen molar-refractivity contribution < 1.29 is 18.1 Å². The summed E-state index contributed by atoms with van der Waals surface area (Å²) in [6, 6.07) is 14.9. The first kappa shape index (κ1) is 20.0. The average molecular weight is 482 g/mol. The van der Waals surface area contributed by atoms with E-state index in [1.54, 1.807) is 24.3 Å². The van der Waals surface area contributed by atoms with Gasteiger partial charge in [-0.3, -0.25) is 19.6 Å². The van der Waals surface area contributed by atoms with Gasteiger partial charge in [-0.1, -0.05) is 33.3 Å². The van der Waals surface area contributed by atoms with E-state index in [4.69, 9.17) is 0 Å².